The van der Waals surface area contributed by atoms with Crippen LogP contribution >= 0.6 is 0 Å². The molecule has 60 nitrogen and oxygen atoms in total. The van der Waals surface area contributed by atoms with Gasteiger partial charge in [0, 0.05) is 0 Å². The van der Waals surface area contributed by atoms with E-state index in [1.165, 1.54) is 0 Å². The Morgan fingerprint density at radius 1 is 0.154 bits per heavy atom. The zero-order chi connectivity index (χ0) is 53.7. The van der Waals surface area contributed by atoms with Crippen molar-refractivity contribution in [3.63, 3.8) is 0 Å². The van der Waals surface area contributed by atoms with E-state index in [-0.39, 0.29) is 155 Å². The van der Waals surface area contributed by atoms with Crippen LogP contribution in [-0.4, -0.2) is 154 Å². The molecule has 0 heterocycles. The van der Waals surface area contributed by atoms with E-state index in [2.05, 4.69) is 0 Å². The van der Waals surface area contributed by atoms with Gasteiger partial charge in [-0.25, -0.2) is 0 Å². The number of hydrogen-bond acceptors (Lipinski definition) is 30. The maximum absolute atomic E-state index is 8.36. The first-order chi connectivity index (χ1) is 26.0. The molecule has 0 atom stereocenters. The molecule has 0 amide bonds. The van der Waals surface area contributed by atoms with Crippen molar-refractivity contribution in [1.29, 1.82) is 0 Å². The van der Waals surface area contributed by atoms with Gasteiger partial charge >= 0.3 is 148 Å². The topological polar surface area (TPSA) is 951 Å². The molecule has 65 heteroatoms. The van der Waals surface area contributed by atoms with E-state index in [1.807, 2.05) is 0 Å². The van der Waals surface area contributed by atoms with Crippen LogP contribution in [0.4, 0.5) is 0 Å². The fraction of sp³-hybridized carbons (Fsp3) is 0. The number of hydrogen-bond donors (Lipinski definition) is 15. The number of rotatable bonds is 0. The summed E-state index contributed by atoms with van der Waals surface area (Å²) in [5.41, 5.74) is 0. The third kappa shape index (κ3) is 3520. The Morgan fingerprint density at radius 2 is 0.154 bits per heavy atom. The molecular weight excluding hydrogens is 1050 g/mol. The van der Waals surface area contributed by atoms with Gasteiger partial charge in [0.1, 0.15) is 0 Å². The Hall–Kier alpha value is -7.00. The van der Waals surface area contributed by atoms with Crippen molar-refractivity contribution < 1.29 is 309 Å². The van der Waals surface area contributed by atoms with Crippen molar-refractivity contribution in [2.24, 2.45) is 0 Å². The van der Waals surface area contributed by atoms with Gasteiger partial charge in [-0.05, 0) is 0 Å². The van der Waals surface area contributed by atoms with Crippen LogP contribution in [0.2, 0.25) is 0 Å². The third-order valence-electron chi connectivity index (χ3n) is 0. The Kier molecular flexibility index (Phi) is 249. The van der Waals surface area contributed by atoms with E-state index in [0.29, 0.717) is 0 Å². The first kappa shape index (κ1) is 130. The molecule has 0 aliphatic rings. The summed E-state index contributed by atoms with van der Waals surface area (Å²) in [4.78, 5) is 125. The molecule has 0 radical (unpaired) electrons. The molecule has 0 aliphatic carbocycles. The average Bonchev–Trinajstić information content (AvgIpc) is 2.78. The second-order valence-electron chi connectivity index (χ2n) is 3.57. The van der Waals surface area contributed by atoms with Gasteiger partial charge in [0.2, 0.25) is 0 Å². The van der Waals surface area contributed by atoms with Crippen LogP contribution in [0.25, 0.3) is 0 Å². The van der Waals surface area contributed by atoms with Gasteiger partial charge in [0.05, 0.1) is 0 Å². The van der Waals surface area contributed by atoms with E-state index in [4.69, 9.17) is 230 Å². The van der Waals surface area contributed by atoms with Crippen LogP contribution < -0.4 is 148 Å². The van der Waals surface area contributed by atoms with Crippen LogP contribution in [0.3, 0.4) is 0 Å². The summed E-state index contributed by atoms with van der Waals surface area (Å²) >= 11 is 0. The predicted molar refractivity (Wildman–Crippen MR) is 137 cm³/mol. The van der Waals surface area contributed by atoms with Crippen LogP contribution in [0, 0.1) is 152 Å². The minimum absolute atomic E-state index is 0. The average molecular weight is 1070 g/mol. The molecule has 0 saturated heterocycles. The molecule has 0 aromatic heterocycles. The van der Waals surface area contributed by atoms with E-state index in [1.54, 1.807) is 0 Å². The normalized spacial score (nSPS) is 5.54. The van der Waals surface area contributed by atoms with Crippen molar-refractivity contribution in [1.82, 2.24) is 0 Å². The summed E-state index contributed by atoms with van der Waals surface area (Å²) in [5, 5.41) is 205. The molecule has 0 aromatic rings. The van der Waals surface area contributed by atoms with Crippen molar-refractivity contribution in [2.45, 2.75) is 0 Å². The quantitative estimate of drug-likeness (QED) is 0.0608. The minimum Gasteiger partial charge on any atom is -1.00 e. The van der Waals surface area contributed by atoms with E-state index in [9.17, 15) is 0 Å². The summed E-state index contributed by atoms with van der Waals surface area (Å²) in [6.45, 7) is 0. The molecule has 0 spiro atoms. The minimum atomic E-state index is -1.50. The van der Waals surface area contributed by atoms with E-state index < -0.39 is 76.3 Å². The van der Waals surface area contributed by atoms with E-state index in [0.717, 1.165) is 0 Å². The van der Waals surface area contributed by atoms with Gasteiger partial charge in [-0.15, -0.1) is 152 Å². The van der Waals surface area contributed by atoms with Crippen LogP contribution in [0.15, 0.2) is 0 Å². The molecule has 0 aromatic carbocycles. The summed E-state index contributed by atoms with van der Waals surface area (Å²) < 4.78 is 0. The maximum Gasteiger partial charge on any atom is 1.00 e. The third-order valence-corrected chi connectivity index (χ3v) is 0. The molecule has 0 rings (SSSR count). The molecule has 0 bridgehead atoms. The Balaban J connectivity index is -0.0000000133. The van der Waals surface area contributed by atoms with Crippen LogP contribution in [0.1, 0.15) is 7.13 Å². The van der Waals surface area contributed by atoms with Crippen molar-refractivity contribution in [3.8, 4) is 0 Å². The molecule has 15 N–H and O–H groups in total. The van der Waals surface area contributed by atoms with Gasteiger partial charge < -0.3 is 85.2 Å². The zero-order valence-electron chi connectivity index (χ0n) is 35.7. The van der Waals surface area contributed by atoms with Gasteiger partial charge in [-0.3, -0.25) is 0 Å². The molecule has 0 fully saturated rings. The molecule has 0 aliphatic heterocycles. The second kappa shape index (κ2) is 124. The molecule has 0 saturated carbocycles. The Morgan fingerprint density at radius 3 is 0.154 bits per heavy atom. The fourth-order valence-corrected chi connectivity index (χ4v) is 0. The van der Waals surface area contributed by atoms with Crippen LogP contribution in [-0.2, 0) is 0 Å². The van der Waals surface area contributed by atoms with E-state index >= 15 is 0 Å². The maximum atomic E-state index is 8.36. The molecule has 0 unspecified atom stereocenters. The van der Waals surface area contributed by atoms with Crippen molar-refractivity contribution in [2.75, 3.05) is 0 Å². The van der Waals surface area contributed by atoms with Gasteiger partial charge in [0.25, 0.3) is 76.3 Å². The Bertz CT molecular complexity index is 797. The van der Waals surface area contributed by atoms with Gasteiger partial charge in [-0.1, -0.05) is 0 Å². The smallest absolute Gasteiger partial charge is 1.00 e. The first-order valence-corrected chi connectivity index (χ1v) is 8.48. The molecular formula is H20N15Na5O45. The number of nitrogens with zero attached hydrogens (tertiary/aromatic N) is 15. The second-order valence-corrected chi connectivity index (χ2v) is 3.57. The monoisotopic (exact) mass is 1060 g/mol. The van der Waals surface area contributed by atoms with Crippen molar-refractivity contribution in [3.05, 3.63) is 152 Å². The van der Waals surface area contributed by atoms with Crippen LogP contribution in [0.5, 0.6) is 0 Å². The summed E-state index contributed by atoms with van der Waals surface area (Å²) in [6, 6.07) is 0. The fourth-order valence-electron chi connectivity index (χ4n) is 0. The predicted octanol–water partition coefficient (Wildman–Crippen LogP) is -19.6. The molecule has 370 valence electrons. The summed E-state index contributed by atoms with van der Waals surface area (Å²) in [6.07, 6.45) is 0. The SMILES string of the molecule is O=[N+]([O-])O.O=[N+]([O-])O.O=[N+]([O-])O.O=[N+]([O-])O.O=[N+]([O-])O.O=[N+]([O-])O.O=[N+]([O-])O.O=[N+]([O-])O.O=[N+]([O-])O.O=[N+]([O-])O.O=[N+]([O-])O.O=[N+]([O-])O.O=[N+]([O-])O.O=[N+]([O-])O.O=[N+]([O-])O.[H-].[H-].[H-].[H-].[H-].[Na+].[Na+].[Na+].[Na+].[Na+]. The van der Waals surface area contributed by atoms with Crippen molar-refractivity contribution >= 4 is 0 Å². The first-order valence-electron chi connectivity index (χ1n) is 8.48. The van der Waals surface area contributed by atoms with Gasteiger partial charge in [-0.2, -0.15) is 0 Å². The van der Waals surface area contributed by atoms with Gasteiger partial charge in [0.15, 0.2) is 0 Å². The molecule has 65 heavy (non-hydrogen) atoms. The zero-order valence-corrected chi connectivity index (χ0v) is 40.7. The Labute approximate surface area is 457 Å². The standard InChI is InChI=1S/15HNO3.5Na.5H/c15*2-1(3)4;;;;;;;;;;/h15*(H,2,3,4);;;;;;;;;;/q;;;;;;;;;;;;;;;5*+1;5*-1. The summed E-state index contributed by atoms with van der Waals surface area (Å²) in [5.74, 6) is 0. The largest absolute Gasteiger partial charge is 1.00 e. The summed E-state index contributed by atoms with van der Waals surface area (Å²) in [7, 11) is 0.